The summed E-state index contributed by atoms with van der Waals surface area (Å²) >= 11 is 0. The summed E-state index contributed by atoms with van der Waals surface area (Å²) in [5.41, 5.74) is 2.40. The fourth-order valence-corrected chi connectivity index (χ4v) is 3.08. The normalized spacial score (nSPS) is 15.0. The van der Waals surface area contributed by atoms with Gasteiger partial charge in [-0.3, -0.25) is 14.5 Å². The highest BCUT2D eigenvalue weighted by molar-refractivity contribution is 6.01. The van der Waals surface area contributed by atoms with E-state index in [1.165, 1.54) is 4.90 Å². The third-order valence-electron chi connectivity index (χ3n) is 4.61. The van der Waals surface area contributed by atoms with Crippen LogP contribution in [-0.4, -0.2) is 29.3 Å². The Morgan fingerprint density at radius 1 is 1.07 bits per heavy atom. The Morgan fingerprint density at radius 3 is 2.30 bits per heavy atom. The molecule has 0 aliphatic carbocycles. The SMILES string of the molecule is CC(C)[C@H](NC(=O)c1ccc(CN2C(=O)CNC2=O)cc1)c1ccccc1. The van der Waals surface area contributed by atoms with Crippen molar-refractivity contribution in [3.63, 3.8) is 0 Å². The van der Waals surface area contributed by atoms with Gasteiger partial charge in [0, 0.05) is 5.56 Å². The van der Waals surface area contributed by atoms with Gasteiger partial charge < -0.3 is 10.6 Å². The van der Waals surface area contributed by atoms with E-state index >= 15 is 0 Å². The second-order valence-corrected chi connectivity index (χ2v) is 6.94. The van der Waals surface area contributed by atoms with Crippen LogP contribution in [0.5, 0.6) is 0 Å². The van der Waals surface area contributed by atoms with Gasteiger partial charge >= 0.3 is 6.03 Å². The lowest BCUT2D eigenvalue weighted by Gasteiger charge is -2.23. The van der Waals surface area contributed by atoms with Crippen LogP contribution in [0.2, 0.25) is 0 Å². The average molecular weight is 365 g/mol. The van der Waals surface area contributed by atoms with Gasteiger partial charge in [0.05, 0.1) is 19.1 Å². The monoisotopic (exact) mass is 365 g/mol. The molecule has 2 aromatic carbocycles. The largest absolute Gasteiger partial charge is 0.345 e. The number of urea groups is 1. The summed E-state index contributed by atoms with van der Waals surface area (Å²) in [7, 11) is 0. The van der Waals surface area contributed by atoms with Gasteiger partial charge in [-0.2, -0.15) is 0 Å². The van der Waals surface area contributed by atoms with Gasteiger partial charge in [0.2, 0.25) is 5.91 Å². The second kappa shape index (κ2) is 8.03. The zero-order valence-electron chi connectivity index (χ0n) is 15.4. The van der Waals surface area contributed by atoms with Crippen molar-refractivity contribution in [1.29, 1.82) is 0 Å². The number of hydrogen-bond acceptors (Lipinski definition) is 3. The van der Waals surface area contributed by atoms with Crippen molar-refractivity contribution in [3.05, 3.63) is 71.3 Å². The van der Waals surface area contributed by atoms with Crippen LogP contribution in [0.4, 0.5) is 4.79 Å². The molecule has 27 heavy (non-hydrogen) atoms. The van der Waals surface area contributed by atoms with Crippen LogP contribution in [0.1, 0.15) is 41.4 Å². The first kappa shape index (κ1) is 18.6. The first-order valence-corrected chi connectivity index (χ1v) is 8.98. The van der Waals surface area contributed by atoms with E-state index in [1.54, 1.807) is 24.3 Å². The van der Waals surface area contributed by atoms with Crippen LogP contribution in [0, 0.1) is 5.92 Å². The standard InChI is InChI=1S/C21H23N3O3/c1-14(2)19(16-6-4-3-5-7-16)23-20(26)17-10-8-15(9-11-17)13-24-18(25)12-22-21(24)27/h3-11,14,19H,12-13H2,1-2H3,(H,22,27)(H,23,26)/t19-/m0/s1. The molecule has 2 N–H and O–H groups in total. The van der Waals surface area contributed by atoms with Crippen LogP contribution < -0.4 is 10.6 Å². The summed E-state index contributed by atoms with van der Waals surface area (Å²) in [5, 5.41) is 5.58. The number of nitrogens with one attached hydrogen (secondary N) is 2. The van der Waals surface area contributed by atoms with E-state index in [9.17, 15) is 14.4 Å². The predicted molar refractivity (Wildman–Crippen MR) is 102 cm³/mol. The Kier molecular flexibility index (Phi) is 5.54. The zero-order valence-corrected chi connectivity index (χ0v) is 15.4. The van der Waals surface area contributed by atoms with Gasteiger partial charge in [0.25, 0.3) is 5.91 Å². The molecule has 0 bridgehead atoms. The Bertz CT molecular complexity index is 816. The molecular weight excluding hydrogens is 342 g/mol. The molecule has 0 saturated carbocycles. The third-order valence-corrected chi connectivity index (χ3v) is 4.61. The van der Waals surface area contributed by atoms with Crippen molar-refractivity contribution >= 4 is 17.8 Å². The van der Waals surface area contributed by atoms with Gasteiger partial charge in [0.1, 0.15) is 0 Å². The van der Waals surface area contributed by atoms with Crippen molar-refractivity contribution in [2.75, 3.05) is 6.54 Å². The summed E-state index contributed by atoms with van der Waals surface area (Å²) in [6.07, 6.45) is 0. The smallest absolute Gasteiger partial charge is 0.324 e. The molecular formula is C21H23N3O3. The van der Waals surface area contributed by atoms with Crippen LogP contribution in [0.15, 0.2) is 54.6 Å². The molecule has 1 heterocycles. The maximum Gasteiger partial charge on any atom is 0.324 e. The van der Waals surface area contributed by atoms with Crippen molar-refractivity contribution in [1.82, 2.24) is 15.5 Å². The molecule has 0 radical (unpaired) electrons. The van der Waals surface area contributed by atoms with Crippen LogP contribution in [0.3, 0.4) is 0 Å². The van der Waals surface area contributed by atoms with Crippen molar-refractivity contribution in [3.8, 4) is 0 Å². The fraction of sp³-hybridized carbons (Fsp3) is 0.286. The average Bonchev–Trinajstić information content (AvgIpc) is 2.99. The first-order valence-electron chi connectivity index (χ1n) is 8.98. The summed E-state index contributed by atoms with van der Waals surface area (Å²) in [6, 6.07) is 16.4. The molecule has 1 aliphatic rings. The second-order valence-electron chi connectivity index (χ2n) is 6.94. The van der Waals surface area contributed by atoms with Gasteiger partial charge in [-0.1, -0.05) is 56.3 Å². The van der Waals surface area contributed by atoms with Crippen molar-refractivity contribution in [2.45, 2.75) is 26.4 Å². The maximum atomic E-state index is 12.7. The van der Waals surface area contributed by atoms with E-state index in [0.717, 1.165) is 11.1 Å². The van der Waals surface area contributed by atoms with Crippen molar-refractivity contribution < 1.29 is 14.4 Å². The Labute approximate surface area is 158 Å². The number of amides is 4. The molecule has 0 spiro atoms. The molecule has 6 nitrogen and oxygen atoms in total. The van der Waals surface area contributed by atoms with Crippen LogP contribution in [0.25, 0.3) is 0 Å². The molecule has 3 rings (SSSR count). The lowest BCUT2D eigenvalue weighted by Crippen LogP contribution is -2.32. The van der Waals surface area contributed by atoms with Gasteiger partial charge in [-0.25, -0.2) is 4.79 Å². The molecule has 2 aromatic rings. The first-order chi connectivity index (χ1) is 13.0. The molecule has 4 amide bonds. The summed E-state index contributed by atoms with van der Waals surface area (Å²) in [6.45, 7) is 4.37. The van der Waals surface area contributed by atoms with Gasteiger partial charge in [-0.05, 0) is 29.2 Å². The van der Waals surface area contributed by atoms with Crippen LogP contribution in [-0.2, 0) is 11.3 Å². The van der Waals surface area contributed by atoms with Crippen molar-refractivity contribution in [2.24, 2.45) is 5.92 Å². The number of carbonyl (C=O) groups is 3. The number of benzene rings is 2. The topological polar surface area (TPSA) is 78.5 Å². The highest BCUT2D eigenvalue weighted by Crippen LogP contribution is 2.22. The minimum Gasteiger partial charge on any atom is -0.345 e. The highest BCUT2D eigenvalue weighted by atomic mass is 16.2. The predicted octanol–water partition coefficient (Wildman–Crippen LogP) is 2.87. The lowest BCUT2D eigenvalue weighted by molar-refractivity contribution is -0.125. The minimum absolute atomic E-state index is 0.0371. The van der Waals surface area contributed by atoms with Gasteiger partial charge in [0.15, 0.2) is 0 Å². The quantitative estimate of drug-likeness (QED) is 0.773. The lowest BCUT2D eigenvalue weighted by atomic mass is 9.95. The highest BCUT2D eigenvalue weighted by Gasteiger charge is 2.28. The van der Waals surface area contributed by atoms with Crippen LogP contribution >= 0.6 is 0 Å². The Balaban J connectivity index is 1.68. The number of nitrogens with zero attached hydrogens (tertiary/aromatic N) is 1. The summed E-state index contributed by atoms with van der Waals surface area (Å²) < 4.78 is 0. The van der Waals surface area contributed by atoms with E-state index in [0.29, 0.717) is 5.56 Å². The maximum absolute atomic E-state index is 12.7. The summed E-state index contributed by atoms with van der Waals surface area (Å²) in [5.74, 6) is -0.154. The zero-order chi connectivity index (χ0) is 19.4. The molecule has 6 heteroatoms. The molecule has 0 unspecified atom stereocenters. The minimum atomic E-state index is -0.385. The molecule has 1 atom stereocenters. The number of hydrogen-bond donors (Lipinski definition) is 2. The molecule has 140 valence electrons. The van der Waals surface area contributed by atoms with Gasteiger partial charge in [-0.15, -0.1) is 0 Å². The summed E-state index contributed by atoms with van der Waals surface area (Å²) in [4.78, 5) is 37.1. The Hall–Kier alpha value is -3.15. The molecule has 1 saturated heterocycles. The number of carbonyl (C=O) groups excluding carboxylic acids is 3. The fourth-order valence-electron chi connectivity index (χ4n) is 3.08. The third kappa shape index (κ3) is 4.34. The van der Waals surface area contributed by atoms with E-state index in [-0.39, 0.29) is 42.9 Å². The molecule has 1 aliphatic heterocycles. The Morgan fingerprint density at radius 2 is 1.74 bits per heavy atom. The molecule has 1 fully saturated rings. The molecule has 0 aromatic heterocycles. The van der Waals surface area contributed by atoms with E-state index in [4.69, 9.17) is 0 Å². The number of rotatable bonds is 6. The van der Waals surface area contributed by atoms with E-state index in [2.05, 4.69) is 24.5 Å². The number of imide groups is 1. The van der Waals surface area contributed by atoms with E-state index < -0.39 is 0 Å². The van der Waals surface area contributed by atoms with E-state index in [1.807, 2.05) is 30.3 Å².